The van der Waals surface area contributed by atoms with Gasteiger partial charge < -0.3 is 18.9 Å². The Kier molecular flexibility index (Phi) is 18.1. The molecule has 0 bridgehead atoms. The summed E-state index contributed by atoms with van der Waals surface area (Å²) in [5, 5.41) is 0. The molecule has 0 aromatic heterocycles. The fourth-order valence-corrected chi connectivity index (χ4v) is 7.53. The van der Waals surface area contributed by atoms with Gasteiger partial charge >= 0.3 is 23.9 Å². The van der Waals surface area contributed by atoms with Crippen molar-refractivity contribution in [3.63, 3.8) is 0 Å². The summed E-state index contributed by atoms with van der Waals surface area (Å²) < 4.78 is 84.5. The van der Waals surface area contributed by atoms with Crippen molar-refractivity contribution in [2.45, 2.75) is 75.8 Å². The lowest BCUT2D eigenvalue weighted by Gasteiger charge is -2.28. The number of carbonyl (C=O) groups excluding carboxylic acids is 4. The van der Waals surface area contributed by atoms with E-state index < -0.39 is 74.0 Å². The number of ether oxygens (including phenoxy) is 4. The third-order valence-electron chi connectivity index (χ3n) is 9.81. The molecule has 0 saturated carbocycles. The highest BCUT2D eigenvalue weighted by molar-refractivity contribution is 7.85. The third-order valence-corrected chi connectivity index (χ3v) is 10.8. The Balaban J connectivity index is 2.09. The van der Waals surface area contributed by atoms with E-state index >= 15 is 0 Å². The first-order valence-electron chi connectivity index (χ1n) is 19.3. The first-order valence-corrected chi connectivity index (χ1v) is 20.9. The van der Waals surface area contributed by atoms with Gasteiger partial charge in [0, 0.05) is 0 Å². The van der Waals surface area contributed by atoms with Crippen LogP contribution in [0.15, 0.2) is 48.5 Å². The molecule has 23 heteroatoms. The third kappa shape index (κ3) is 12.1. The van der Waals surface area contributed by atoms with E-state index in [1.807, 2.05) is 0 Å². The van der Waals surface area contributed by atoms with Gasteiger partial charge in [0.05, 0.1) is 92.9 Å². The highest BCUT2D eigenvalue weighted by atomic mass is 32.2. The quantitative estimate of drug-likeness (QED) is 0.0602. The maximum absolute atomic E-state index is 14.5. The predicted octanol–water partition coefficient (Wildman–Crippen LogP) is 2.43. The molecule has 0 heterocycles. The second-order valence-corrected chi connectivity index (χ2v) is 15.9. The van der Waals surface area contributed by atoms with Crippen LogP contribution in [0.3, 0.4) is 0 Å². The molecule has 0 amide bonds. The topological polar surface area (TPSA) is 160 Å². The van der Waals surface area contributed by atoms with Crippen molar-refractivity contribution in [2.24, 2.45) is 0 Å². The Morgan fingerprint density at radius 2 is 0.750 bits per heavy atom. The van der Waals surface area contributed by atoms with E-state index in [1.54, 1.807) is 12.1 Å². The molecule has 310 valence electrons. The van der Waals surface area contributed by atoms with Gasteiger partial charge in [-0.25, -0.2) is 28.0 Å². The summed E-state index contributed by atoms with van der Waals surface area (Å²) in [6, 6.07) is 10.4. The number of rotatable bonds is 20. The first kappa shape index (κ1) is 51.7. The van der Waals surface area contributed by atoms with Gasteiger partial charge in [-0.1, -0.05) is 110 Å². The molecular formula is C41H33B9F2O11S. The summed E-state index contributed by atoms with van der Waals surface area (Å²) >= 11 is 0. The highest BCUT2D eigenvalue weighted by Gasteiger charge is 2.44. The summed E-state index contributed by atoms with van der Waals surface area (Å²) in [5.41, 5.74) is -3.80. The molecule has 0 fully saturated rings. The molecular weight excluding hydrogens is 836 g/mol. The summed E-state index contributed by atoms with van der Waals surface area (Å²) in [7, 11) is 48.1. The summed E-state index contributed by atoms with van der Waals surface area (Å²) in [6.45, 7) is 0.496. The molecule has 0 aliphatic heterocycles. The van der Waals surface area contributed by atoms with Crippen LogP contribution in [0.2, 0.25) is 0 Å². The lowest BCUT2D eigenvalue weighted by Crippen LogP contribution is -2.45. The van der Waals surface area contributed by atoms with Gasteiger partial charge in [0.15, 0.2) is 5.60 Å². The molecule has 4 rings (SSSR count). The van der Waals surface area contributed by atoms with E-state index in [2.05, 4.69) is 0 Å². The number of hydrogen-bond acceptors (Lipinski definition) is 10. The van der Waals surface area contributed by atoms with Crippen LogP contribution in [-0.4, -0.2) is 125 Å². The monoisotopic (exact) mass is 870 g/mol. The van der Waals surface area contributed by atoms with E-state index in [0.29, 0.717) is 35.7 Å². The van der Waals surface area contributed by atoms with E-state index in [0.717, 1.165) is 0 Å². The zero-order chi connectivity index (χ0) is 47.7. The van der Waals surface area contributed by atoms with Gasteiger partial charge in [-0.2, -0.15) is 8.42 Å². The normalized spacial score (nSPS) is 12.3. The molecule has 1 N–H and O–H groups in total. The average Bonchev–Trinajstić information content (AvgIpc) is 3.27. The Morgan fingerprint density at radius 3 is 0.953 bits per heavy atom. The van der Waals surface area contributed by atoms with Crippen LogP contribution in [0.1, 0.15) is 98.4 Å². The van der Waals surface area contributed by atoms with E-state index in [4.69, 9.17) is 89.6 Å². The lowest BCUT2D eigenvalue weighted by atomic mass is 9.85. The fraction of sp³-hybridized carbons (Fsp3) is 0.317. The Hall–Kier alpha value is -4.89. The van der Waals surface area contributed by atoms with Gasteiger partial charge in [0.25, 0.3) is 16.5 Å². The van der Waals surface area contributed by atoms with Crippen molar-refractivity contribution in [3.8, 4) is 17.2 Å². The fourth-order valence-electron chi connectivity index (χ4n) is 6.62. The van der Waals surface area contributed by atoms with Crippen molar-refractivity contribution in [1.82, 2.24) is 0 Å². The summed E-state index contributed by atoms with van der Waals surface area (Å²) in [5.74, 6) is -8.43. The van der Waals surface area contributed by atoms with Gasteiger partial charge in [0.2, 0.25) is 0 Å². The first-order chi connectivity index (χ1) is 30.2. The van der Waals surface area contributed by atoms with Crippen LogP contribution in [0.25, 0.3) is 0 Å². The van der Waals surface area contributed by atoms with Crippen molar-refractivity contribution >= 4 is 105 Å². The number of carbonyl (C=O) groups is 4. The predicted molar refractivity (Wildman–Crippen MR) is 242 cm³/mol. The molecule has 0 aliphatic carbocycles. The number of halogens is 2. The zero-order valence-corrected chi connectivity index (χ0v) is 35.5. The van der Waals surface area contributed by atoms with Crippen molar-refractivity contribution in [3.05, 3.63) is 121 Å². The number of benzene rings is 4. The second kappa shape index (κ2) is 22.3. The number of esters is 4. The number of hydrogen-bond donors (Lipinski definition) is 1. The second-order valence-electron chi connectivity index (χ2n) is 14.4. The van der Waals surface area contributed by atoms with Gasteiger partial charge in [-0.05, 0) is 52.4 Å². The standard InChI is InChI=1S/C41H33B9F2O11S/c1-41(40(51)52,19-64(57,58)59)63-39(56)32-9-30(37(54)61-34-25(15-47)4-21(11-43)5-26(34)16-48)29(36(53)60-33-23(13-45)2-20(10-42)3-24(33)14-46)8-31(32)38(55)62-35-27(17-49)6-22(12-44)7-28(35)18-50/h2-9,40H,10-19H2,1H3,(H,57,58,59). The van der Waals surface area contributed by atoms with Gasteiger partial charge in [0.1, 0.15) is 23.0 Å². The Bertz CT molecular complexity index is 2470. The van der Waals surface area contributed by atoms with E-state index in [1.165, 1.54) is 24.3 Å². The molecule has 0 saturated heterocycles. The van der Waals surface area contributed by atoms with Gasteiger partial charge in [-0.15, -0.1) is 0 Å². The molecule has 11 nitrogen and oxygen atoms in total. The van der Waals surface area contributed by atoms with Crippen molar-refractivity contribution in [2.75, 3.05) is 5.75 Å². The smallest absolute Gasteiger partial charge is 0.344 e. The van der Waals surface area contributed by atoms with Crippen LogP contribution in [0.5, 0.6) is 17.2 Å². The highest BCUT2D eigenvalue weighted by Crippen LogP contribution is 2.34. The average molecular weight is 869 g/mol. The van der Waals surface area contributed by atoms with Crippen LogP contribution >= 0.6 is 0 Å². The van der Waals surface area contributed by atoms with E-state index in [9.17, 15) is 40.9 Å². The van der Waals surface area contributed by atoms with E-state index in [-0.39, 0.29) is 108 Å². The van der Waals surface area contributed by atoms with Crippen molar-refractivity contribution < 1.29 is 59.9 Å². The molecule has 1 atom stereocenters. The van der Waals surface area contributed by atoms with Crippen LogP contribution in [0, 0.1) is 0 Å². The molecule has 4 aromatic rings. The maximum Gasteiger partial charge on any atom is 0.344 e. The summed E-state index contributed by atoms with van der Waals surface area (Å²) in [4.78, 5) is 57.4. The molecule has 1 unspecified atom stereocenters. The number of alkyl halides is 2. The van der Waals surface area contributed by atoms with Gasteiger partial charge in [-0.3, -0.25) is 4.55 Å². The SMILES string of the molecule is [B]Cc1cc(C[B])c(OC(=O)c2cc(C(=O)Oc3c(C[B])cc(C[B])cc3C[B])c(C(=O)OC(C)(CS(=O)(=O)O)C(F)F)cc2C(=O)Oc2c(C[B])cc(C[B])cc2C[B])c(C[B])c1. The molecule has 18 radical (unpaired) electrons. The maximum atomic E-state index is 14.5. The summed E-state index contributed by atoms with van der Waals surface area (Å²) in [6.07, 6.45) is -4.94. The minimum absolute atomic E-state index is 0.0309. The van der Waals surface area contributed by atoms with Crippen LogP contribution < -0.4 is 14.2 Å². The Labute approximate surface area is 382 Å². The molecule has 4 aromatic carbocycles. The van der Waals surface area contributed by atoms with Crippen molar-refractivity contribution in [1.29, 1.82) is 0 Å². The molecule has 64 heavy (non-hydrogen) atoms. The lowest BCUT2D eigenvalue weighted by molar-refractivity contribution is -0.0839. The van der Waals surface area contributed by atoms with Crippen LogP contribution in [0.4, 0.5) is 8.78 Å². The zero-order valence-electron chi connectivity index (χ0n) is 34.7. The largest absolute Gasteiger partial charge is 0.448 e. The minimum atomic E-state index is -5.25. The minimum Gasteiger partial charge on any atom is -0.448 e. The van der Waals surface area contributed by atoms with Crippen LogP contribution in [-0.2, 0) is 71.7 Å². The molecule has 0 spiro atoms. The Morgan fingerprint density at radius 1 is 0.500 bits per heavy atom. The molecule has 0 aliphatic rings.